The van der Waals surface area contributed by atoms with Crippen molar-refractivity contribution in [3.05, 3.63) is 0 Å². The largest absolute Gasteiger partial charge is 0.441 e. The molecular formula is C13H22F3NS. The van der Waals surface area contributed by atoms with Gasteiger partial charge in [0.1, 0.15) is 0 Å². The number of alkyl halides is 3. The highest BCUT2D eigenvalue weighted by Gasteiger charge is 2.31. The zero-order chi connectivity index (χ0) is 13.0. The van der Waals surface area contributed by atoms with Gasteiger partial charge in [0.25, 0.3) is 0 Å². The molecule has 0 heterocycles. The van der Waals surface area contributed by atoms with E-state index in [4.69, 9.17) is 0 Å². The minimum absolute atomic E-state index is 0.146. The quantitative estimate of drug-likeness (QED) is 0.783. The fourth-order valence-electron chi connectivity index (χ4n) is 2.86. The average molecular weight is 281 g/mol. The zero-order valence-corrected chi connectivity index (χ0v) is 11.5. The lowest BCUT2D eigenvalue weighted by atomic mass is 9.78. The third-order valence-electron chi connectivity index (χ3n) is 4.07. The van der Waals surface area contributed by atoms with Crippen molar-refractivity contribution in [2.24, 2.45) is 11.8 Å². The van der Waals surface area contributed by atoms with E-state index in [9.17, 15) is 13.2 Å². The minimum atomic E-state index is -4.06. The lowest BCUT2D eigenvalue weighted by Gasteiger charge is -2.32. The summed E-state index contributed by atoms with van der Waals surface area (Å²) in [4.78, 5) is 0. The van der Waals surface area contributed by atoms with Gasteiger partial charge >= 0.3 is 5.51 Å². The second-order valence-electron chi connectivity index (χ2n) is 5.57. The van der Waals surface area contributed by atoms with Crippen molar-refractivity contribution in [2.45, 2.75) is 56.5 Å². The van der Waals surface area contributed by atoms with Gasteiger partial charge in [0.2, 0.25) is 0 Å². The molecule has 2 aliphatic rings. The van der Waals surface area contributed by atoms with E-state index in [-0.39, 0.29) is 17.5 Å². The Hall–Kier alpha value is 0.1000. The van der Waals surface area contributed by atoms with Crippen LogP contribution in [0.4, 0.5) is 13.2 Å². The molecule has 2 aliphatic carbocycles. The minimum Gasteiger partial charge on any atom is -0.314 e. The van der Waals surface area contributed by atoms with Gasteiger partial charge in [-0.15, -0.1) is 0 Å². The third kappa shape index (κ3) is 5.39. The summed E-state index contributed by atoms with van der Waals surface area (Å²) in [5, 5.41) is 3.53. The topological polar surface area (TPSA) is 12.0 Å². The molecule has 18 heavy (non-hydrogen) atoms. The monoisotopic (exact) mass is 281 g/mol. The molecule has 0 saturated heterocycles. The Balaban J connectivity index is 1.68. The van der Waals surface area contributed by atoms with E-state index < -0.39 is 5.51 Å². The van der Waals surface area contributed by atoms with Crippen LogP contribution in [0.5, 0.6) is 0 Å². The second kappa shape index (κ2) is 6.51. The van der Waals surface area contributed by atoms with Crippen LogP contribution in [0.3, 0.4) is 0 Å². The molecule has 1 nitrogen and oxygen atoms in total. The van der Waals surface area contributed by atoms with Crippen LogP contribution in [0.2, 0.25) is 0 Å². The van der Waals surface area contributed by atoms with Crippen molar-refractivity contribution in [3.8, 4) is 0 Å². The van der Waals surface area contributed by atoms with Gasteiger partial charge in [0, 0.05) is 11.8 Å². The number of hydrogen-bond acceptors (Lipinski definition) is 2. The van der Waals surface area contributed by atoms with Crippen LogP contribution in [0.1, 0.15) is 44.9 Å². The van der Waals surface area contributed by atoms with Crippen LogP contribution in [0, 0.1) is 11.8 Å². The van der Waals surface area contributed by atoms with E-state index in [0.717, 1.165) is 19.4 Å². The van der Waals surface area contributed by atoms with E-state index in [1.165, 1.54) is 32.1 Å². The number of halogens is 3. The molecule has 2 unspecified atom stereocenters. The van der Waals surface area contributed by atoms with Crippen LogP contribution in [0.15, 0.2) is 0 Å². The first-order valence-corrected chi connectivity index (χ1v) is 7.97. The van der Waals surface area contributed by atoms with Crippen LogP contribution < -0.4 is 5.32 Å². The smallest absolute Gasteiger partial charge is 0.314 e. The van der Waals surface area contributed by atoms with Crippen molar-refractivity contribution in [1.29, 1.82) is 0 Å². The summed E-state index contributed by atoms with van der Waals surface area (Å²) in [5.41, 5.74) is -4.06. The van der Waals surface area contributed by atoms with Crippen LogP contribution in [0.25, 0.3) is 0 Å². The molecule has 106 valence electrons. The fourth-order valence-corrected chi connectivity index (χ4v) is 3.52. The Bertz CT molecular complexity index is 253. The maximum atomic E-state index is 12.1. The molecular weight excluding hydrogens is 259 g/mol. The first-order valence-electron chi connectivity index (χ1n) is 6.98. The maximum absolute atomic E-state index is 12.1. The Morgan fingerprint density at radius 3 is 2.28 bits per heavy atom. The lowest BCUT2D eigenvalue weighted by Crippen LogP contribution is -2.32. The SMILES string of the molecule is FC(F)(F)SCCC1CCCCC1CNC1CC1. The molecule has 1 N–H and O–H groups in total. The molecule has 0 amide bonds. The molecule has 0 aliphatic heterocycles. The summed E-state index contributed by atoms with van der Waals surface area (Å²) in [7, 11) is 0. The molecule has 0 bridgehead atoms. The average Bonchev–Trinajstić information content (AvgIpc) is 3.10. The van der Waals surface area contributed by atoms with Crippen LogP contribution in [-0.4, -0.2) is 23.8 Å². The van der Waals surface area contributed by atoms with Crippen molar-refractivity contribution >= 4 is 11.8 Å². The second-order valence-corrected chi connectivity index (χ2v) is 6.73. The molecule has 0 aromatic rings. The summed E-state index contributed by atoms with van der Waals surface area (Å²) in [6.07, 6.45) is 8.04. The van der Waals surface area contributed by atoms with E-state index in [2.05, 4.69) is 5.32 Å². The summed E-state index contributed by atoms with van der Waals surface area (Å²) >= 11 is 0.146. The van der Waals surface area contributed by atoms with Crippen molar-refractivity contribution in [2.75, 3.05) is 12.3 Å². The first-order chi connectivity index (χ1) is 8.54. The highest BCUT2D eigenvalue weighted by atomic mass is 32.2. The number of rotatable bonds is 6. The molecule has 2 saturated carbocycles. The predicted octanol–water partition coefficient (Wildman–Crippen LogP) is 4.19. The molecule has 0 aromatic carbocycles. The van der Waals surface area contributed by atoms with Gasteiger partial charge in [-0.2, -0.15) is 13.2 Å². The van der Waals surface area contributed by atoms with Crippen LogP contribution in [-0.2, 0) is 0 Å². The standard InChI is InChI=1S/C13H22F3NS/c14-13(15,16)18-8-7-10-3-1-2-4-11(10)9-17-12-5-6-12/h10-12,17H,1-9H2. The van der Waals surface area contributed by atoms with Crippen molar-refractivity contribution in [3.63, 3.8) is 0 Å². The van der Waals surface area contributed by atoms with Gasteiger partial charge in [-0.1, -0.05) is 31.0 Å². The van der Waals surface area contributed by atoms with Crippen LogP contribution >= 0.6 is 11.8 Å². The lowest BCUT2D eigenvalue weighted by molar-refractivity contribution is -0.0328. The van der Waals surface area contributed by atoms with E-state index in [0.29, 0.717) is 17.9 Å². The number of thioether (sulfide) groups is 1. The fraction of sp³-hybridized carbons (Fsp3) is 1.00. The molecule has 2 atom stereocenters. The van der Waals surface area contributed by atoms with Gasteiger partial charge in [-0.05, 0) is 44.1 Å². The van der Waals surface area contributed by atoms with E-state index >= 15 is 0 Å². The maximum Gasteiger partial charge on any atom is 0.441 e. The summed E-state index contributed by atoms with van der Waals surface area (Å²) in [5.74, 6) is 1.33. The Kier molecular flexibility index (Phi) is 5.24. The predicted molar refractivity (Wildman–Crippen MR) is 69.6 cm³/mol. The summed E-state index contributed by atoms with van der Waals surface area (Å²) < 4.78 is 36.4. The number of nitrogens with one attached hydrogen (secondary N) is 1. The van der Waals surface area contributed by atoms with E-state index in [1.807, 2.05) is 0 Å². The molecule has 0 spiro atoms. The molecule has 2 rings (SSSR count). The normalized spacial score (nSPS) is 29.5. The molecule has 0 aromatic heterocycles. The summed E-state index contributed by atoms with van der Waals surface area (Å²) in [6, 6.07) is 0.706. The van der Waals surface area contributed by atoms with Gasteiger partial charge < -0.3 is 5.32 Å². The van der Waals surface area contributed by atoms with Crippen molar-refractivity contribution < 1.29 is 13.2 Å². The highest BCUT2D eigenvalue weighted by molar-refractivity contribution is 8.00. The third-order valence-corrected chi connectivity index (χ3v) is 4.83. The van der Waals surface area contributed by atoms with Gasteiger partial charge in [0.05, 0.1) is 0 Å². The van der Waals surface area contributed by atoms with Gasteiger partial charge in [0.15, 0.2) is 0 Å². The number of hydrogen-bond donors (Lipinski definition) is 1. The molecule has 5 heteroatoms. The first kappa shape index (κ1) is 14.5. The zero-order valence-electron chi connectivity index (χ0n) is 10.6. The Morgan fingerprint density at radius 1 is 1.00 bits per heavy atom. The Labute approximate surface area is 111 Å². The van der Waals surface area contributed by atoms with Gasteiger partial charge in [-0.25, -0.2) is 0 Å². The van der Waals surface area contributed by atoms with Gasteiger partial charge in [-0.3, -0.25) is 0 Å². The van der Waals surface area contributed by atoms with Crippen molar-refractivity contribution in [1.82, 2.24) is 5.32 Å². The molecule has 0 radical (unpaired) electrons. The Morgan fingerprint density at radius 2 is 1.67 bits per heavy atom. The highest BCUT2D eigenvalue weighted by Crippen LogP contribution is 2.36. The van der Waals surface area contributed by atoms with E-state index in [1.54, 1.807) is 0 Å². The molecule has 2 fully saturated rings. The summed E-state index contributed by atoms with van der Waals surface area (Å²) in [6.45, 7) is 1.02.